The molecule has 2 amide bonds. The summed E-state index contributed by atoms with van der Waals surface area (Å²) in [6.45, 7) is 1.21. The Bertz CT molecular complexity index is 1000. The summed E-state index contributed by atoms with van der Waals surface area (Å²) >= 11 is 5.49. The van der Waals surface area contributed by atoms with E-state index in [-0.39, 0.29) is 44.2 Å². The second-order valence-electron chi connectivity index (χ2n) is 8.47. The number of rotatable bonds is 8. The summed E-state index contributed by atoms with van der Waals surface area (Å²) in [6, 6.07) is 5.10. The molecule has 34 heavy (non-hydrogen) atoms. The largest absolute Gasteiger partial charge is 0.351 e. The van der Waals surface area contributed by atoms with Gasteiger partial charge in [0, 0.05) is 43.4 Å². The van der Waals surface area contributed by atoms with Gasteiger partial charge in [-0.3, -0.25) is 9.59 Å². The number of benzene rings is 1. The third kappa shape index (κ3) is 6.02. The van der Waals surface area contributed by atoms with Crippen molar-refractivity contribution < 1.29 is 27.2 Å². The molecule has 1 fully saturated rings. The number of nitrogens with zero attached hydrogens (tertiary/aromatic N) is 3. The number of nitrogens with one attached hydrogen (secondary N) is 1. The van der Waals surface area contributed by atoms with Gasteiger partial charge in [0.2, 0.25) is 5.92 Å². The monoisotopic (exact) mass is 500 g/mol. The van der Waals surface area contributed by atoms with Crippen LogP contribution in [0.3, 0.4) is 0 Å². The highest BCUT2D eigenvalue weighted by atomic mass is 35.5. The molecule has 0 spiro atoms. The van der Waals surface area contributed by atoms with Crippen LogP contribution in [0, 0.1) is 5.82 Å². The zero-order valence-corrected chi connectivity index (χ0v) is 19.2. The molecule has 1 heterocycles. The van der Waals surface area contributed by atoms with E-state index >= 15 is 0 Å². The number of carbonyl (C=O) groups is 2. The highest BCUT2D eigenvalue weighted by Gasteiger charge is 2.47. The second kappa shape index (κ2) is 10.7. The molecule has 0 radical (unpaired) electrons. The Morgan fingerprint density at radius 2 is 1.91 bits per heavy atom. The molecule has 1 aliphatic rings. The molecular formula is C23H25ClF4N4O2. The molecule has 1 aliphatic carbocycles. The summed E-state index contributed by atoms with van der Waals surface area (Å²) in [5.74, 6) is -5.15. The number of hydrogen-bond acceptors (Lipinski definition) is 4. The number of hydrogen-bond donors (Lipinski definition) is 1. The molecule has 1 aromatic heterocycles. The Kier molecular flexibility index (Phi) is 8.12. The second-order valence-corrected chi connectivity index (χ2v) is 8.86. The molecule has 1 aromatic carbocycles. The molecule has 0 aliphatic heterocycles. The van der Waals surface area contributed by atoms with Crippen LogP contribution < -0.4 is 5.32 Å². The van der Waals surface area contributed by atoms with E-state index < -0.39 is 40.8 Å². The zero-order chi connectivity index (χ0) is 24.9. The maximum absolute atomic E-state index is 14.1. The summed E-state index contributed by atoms with van der Waals surface area (Å²) in [7, 11) is 0. The number of aromatic nitrogens is 2. The third-order valence-electron chi connectivity index (χ3n) is 6.12. The van der Waals surface area contributed by atoms with Crippen molar-refractivity contribution in [3.05, 3.63) is 59.9 Å². The summed E-state index contributed by atoms with van der Waals surface area (Å²) < 4.78 is 54.8. The summed E-state index contributed by atoms with van der Waals surface area (Å²) in [6.07, 6.45) is 3.30. The normalized spacial score (nSPS) is 18.5. The van der Waals surface area contributed by atoms with E-state index in [1.807, 2.05) is 0 Å². The van der Waals surface area contributed by atoms with Gasteiger partial charge in [-0.05, 0) is 43.9 Å². The van der Waals surface area contributed by atoms with Gasteiger partial charge in [0.15, 0.2) is 0 Å². The van der Waals surface area contributed by atoms with Crippen LogP contribution >= 0.6 is 11.6 Å². The van der Waals surface area contributed by atoms with Gasteiger partial charge in [-0.25, -0.2) is 27.5 Å². The maximum Gasteiger partial charge on any atom is 0.273 e. The van der Waals surface area contributed by atoms with Gasteiger partial charge in [0.1, 0.15) is 17.7 Å². The molecule has 1 N–H and O–H groups in total. The molecule has 184 valence electrons. The first-order valence-corrected chi connectivity index (χ1v) is 11.2. The van der Waals surface area contributed by atoms with Crippen LogP contribution in [0.1, 0.15) is 43.7 Å². The third-order valence-corrected chi connectivity index (χ3v) is 6.31. The first-order chi connectivity index (χ1) is 16.0. The van der Waals surface area contributed by atoms with Gasteiger partial charge in [-0.1, -0.05) is 23.7 Å². The van der Waals surface area contributed by atoms with Crippen molar-refractivity contribution >= 4 is 23.4 Å². The molecule has 11 heteroatoms. The lowest BCUT2D eigenvalue weighted by molar-refractivity contribution is -0.150. The van der Waals surface area contributed by atoms with Crippen molar-refractivity contribution in [3.63, 3.8) is 0 Å². The summed E-state index contributed by atoms with van der Waals surface area (Å²) in [4.78, 5) is 35.2. The van der Waals surface area contributed by atoms with Gasteiger partial charge >= 0.3 is 0 Å². The molecule has 2 aromatic rings. The van der Waals surface area contributed by atoms with Crippen molar-refractivity contribution in [3.8, 4) is 0 Å². The van der Waals surface area contributed by atoms with Crippen molar-refractivity contribution in [2.75, 3.05) is 6.54 Å². The molecule has 0 bridgehead atoms. The highest BCUT2D eigenvalue weighted by Crippen LogP contribution is 2.35. The highest BCUT2D eigenvalue weighted by molar-refractivity contribution is 6.29. The minimum Gasteiger partial charge on any atom is -0.351 e. The van der Waals surface area contributed by atoms with Crippen LogP contribution in [0.4, 0.5) is 17.6 Å². The average molecular weight is 501 g/mol. The Labute approximate surface area is 199 Å². The van der Waals surface area contributed by atoms with E-state index in [2.05, 4.69) is 15.3 Å². The number of carbonyl (C=O) groups excluding carboxylic acids is 2. The maximum atomic E-state index is 14.1. The van der Waals surface area contributed by atoms with Crippen LogP contribution in [0.25, 0.3) is 0 Å². The Hall–Kier alpha value is -2.75. The molecule has 0 saturated heterocycles. The van der Waals surface area contributed by atoms with Gasteiger partial charge in [-0.2, -0.15) is 0 Å². The predicted octanol–water partition coefficient (Wildman–Crippen LogP) is 4.13. The van der Waals surface area contributed by atoms with Crippen molar-refractivity contribution in [2.45, 2.75) is 62.2 Å². The minimum absolute atomic E-state index is 0.0542. The first kappa shape index (κ1) is 25.9. The van der Waals surface area contributed by atoms with E-state index in [1.54, 1.807) is 6.07 Å². The number of amides is 2. The molecular weight excluding hydrogens is 476 g/mol. The predicted molar refractivity (Wildman–Crippen MR) is 117 cm³/mol. The van der Waals surface area contributed by atoms with Gasteiger partial charge in [0.05, 0.1) is 0 Å². The van der Waals surface area contributed by atoms with E-state index in [0.29, 0.717) is 5.56 Å². The zero-order valence-electron chi connectivity index (χ0n) is 18.5. The van der Waals surface area contributed by atoms with Gasteiger partial charge in [0.25, 0.3) is 17.4 Å². The number of halogens is 5. The van der Waals surface area contributed by atoms with Gasteiger partial charge < -0.3 is 10.2 Å². The fraction of sp³-hybridized carbons (Fsp3) is 0.478. The van der Waals surface area contributed by atoms with Crippen LogP contribution in [0.5, 0.6) is 0 Å². The van der Waals surface area contributed by atoms with Crippen LogP contribution in [0.2, 0.25) is 0 Å². The van der Waals surface area contributed by atoms with Crippen molar-refractivity contribution in [1.29, 1.82) is 0 Å². The average Bonchev–Trinajstić information content (AvgIpc) is 2.80. The lowest BCUT2D eigenvalue weighted by Crippen LogP contribution is -2.60. The van der Waals surface area contributed by atoms with Crippen LogP contribution in [-0.4, -0.2) is 50.8 Å². The first-order valence-electron chi connectivity index (χ1n) is 10.8. The topological polar surface area (TPSA) is 75.2 Å². The Morgan fingerprint density at radius 1 is 1.26 bits per heavy atom. The van der Waals surface area contributed by atoms with Crippen LogP contribution in [0.15, 0.2) is 43.0 Å². The van der Waals surface area contributed by atoms with Crippen molar-refractivity contribution in [1.82, 2.24) is 20.2 Å². The lowest BCUT2D eigenvalue weighted by atomic mass is 9.87. The Balaban J connectivity index is 1.93. The fourth-order valence-corrected chi connectivity index (χ4v) is 4.19. The summed E-state index contributed by atoms with van der Waals surface area (Å²) in [5, 5.41) is 2.73. The quantitative estimate of drug-likeness (QED) is 0.437. The van der Waals surface area contributed by atoms with E-state index in [0.717, 1.165) is 4.90 Å². The smallest absolute Gasteiger partial charge is 0.273 e. The Morgan fingerprint density at radius 3 is 2.50 bits per heavy atom. The lowest BCUT2D eigenvalue weighted by Gasteiger charge is -2.41. The standard InChI is InChI=1S/C23H25ClF4N4O2/c1-22(16-12-29-14-30-13-16,21(34)31-18-5-8-23(27,28)9-6-18)32(20(33)19(24)26)10-7-15-3-2-4-17(25)11-15/h2-4,11-14,18-19H,5-10H2,1H3,(H,31,34)/t19-,22-/m0/s1. The summed E-state index contributed by atoms with van der Waals surface area (Å²) in [5.41, 5.74) is -3.56. The molecule has 3 rings (SSSR count). The molecule has 6 nitrogen and oxygen atoms in total. The molecule has 1 saturated carbocycles. The van der Waals surface area contributed by atoms with Gasteiger partial charge in [-0.15, -0.1) is 0 Å². The fourth-order valence-electron chi connectivity index (χ4n) is 4.08. The molecule has 2 atom stereocenters. The van der Waals surface area contributed by atoms with E-state index in [1.165, 1.54) is 43.8 Å². The van der Waals surface area contributed by atoms with E-state index in [9.17, 15) is 27.2 Å². The van der Waals surface area contributed by atoms with Crippen LogP contribution in [-0.2, 0) is 21.5 Å². The number of alkyl halides is 4. The molecule has 0 unspecified atom stereocenters. The van der Waals surface area contributed by atoms with Crippen molar-refractivity contribution in [2.24, 2.45) is 0 Å². The minimum atomic E-state index is -2.79. The SMILES string of the molecule is C[C@@](C(=O)NC1CCC(F)(F)CC1)(c1cncnc1)N(CCc1cccc(F)c1)C(=O)[C@H](F)Cl. The van der Waals surface area contributed by atoms with E-state index in [4.69, 9.17) is 11.6 Å².